The standard InChI is InChI=1S/C14H25NO/c1-12(2,3)15-10-14(8-11(15)9-16)7-6-13(14,4)5/h9,11H,6-8,10H2,1-5H3/t11-,14?/m0/s1. The second kappa shape index (κ2) is 3.32. The molecule has 2 aliphatic rings. The summed E-state index contributed by atoms with van der Waals surface area (Å²) in [5.41, 5.74) is 0.945. The number of aldehydes is 1. The molecule has 92 valence electrons. The zero-order valence-corrected chi connectivity index (χ0v) is 11.3. The summed E-state index contributed by atoms with van der Waals surface area (Å²) >= 11 is 0. The molecule has 2 atom stereocenters. The van der Waals surface area contributed by atoms with Crippen molar-refractivity contribution in [2.45, 2.75) is 65.5 Å². The summed E-state index contributed by atoms with van der Waals surface area (Å²) in [4.78, 5) is 13.7. The zero-order valence-electron chi connectivity index (χ0n) is 11.3. The van der Waals surface area contributed by atoms with Gasteiger partial charge in [0.1, 0.15) is 6.29 Å². The molecule has 0 N–H and O–H groups in total. The van der Waals surface area contributed by atoms with Gasteiger partial charge in [0.05, 0.1) is 6.04 Å². The minimum atomic E-state index is 0.112. The van der Waals surface area contributed by atoms with Crippen LogP contribution in [-0.2, 0) is 4.79 Å². The molecule has 1 spiro atoms. The SMILES string of the molecule is CC(C)(C)N1CC2(CCC2(C)C)C[C@H]1C=O. The molecule has 1 unspecified atom stereocenters. The van der Waals surface area contributed by atoms with Gasteiger partial charge in [-0.2, -0.15) is 0 Å². The lowest BCUT2D eigenvalue weighted by Crippen LogP contribution is -2.51. The van der Waals surface area contributed by atoms with E-state index >= 15 is 0 Å². The van der Waals surface area contributed by atoms with E-state index in [0.29, 0.717) is 10.8 Å². The smallest absolute Gasteiger partial charge is 0.137 e. The van der Waals surface area contributed by atoms with E-state index < -0.39 is 0 Å². The van der Waals surface area contributed by atoms with Gasteiger partial charge in [-0.25, -0.2) is 0 Å². The second-order valence-electron chi connectivity index (χ2n) is 7.37. The molecular weight excluding hydrogens is 198 g/mol. The molecule has 1 aliphatic carbocycles. The molecule has 2 fully saturated rings. The van der Waals surface area contributed by atoms with Gasteiger partial charge < -0.3 is 4.79 Å². The topological polar surface area (TPSA) is 20.3 Å². The van der Waals surface area contributed by atoms with Crippen molar-refractivity contribution in [2.24, 2.45) is 10.8 Å². The molecule has 0 aromatic rings. The maximum Gasteiger partial charge on any atom is 0.137 e. The second-order valence-corrected chi connectivity index (χ2v) is 7.37. The summed E-state index contributed by atoms with van der Waals surface area (Å²) in [7, 11) is 0. The first-order valence-corrected chi connectivity index (χ1v) is 6.44. The highest BCUT2D eigenvalue weighted by molar-refractivity contribution is 5.59. The number of hydrogen-bond acceptors (Lipinski definition) is 2. The van der Waals surface area contributed by atoms with Gasteiger partial charge in [0.15, 0.2) is 0 Å². The van der Waals surface area contributed by atoms with Crippen molar-refractivity contribution >= 4 is 6.29 Å². The molecule has 1 aliphatic heterocycles. The van der Waals surface area contributed by atoms with Crippen LogP contribution in [0.4, 0.5) is 0 Å². The van der Waals surface area contributed by atoms with Crippen molar-refractivity contribution in [2.75, 3.05) is 6.54 Å². The summed E-state index contributed by atoms with van der Waals surface area (Å²) in [5, 5.41) is 0. The number of carbonyl (C=O) groups excluding carboxylic acids is 1. The van der Waals surface area contributed by atoms with Gasteiger partial charge in [0.25, 0.3) is 0 Å². The molecule has 0 radical (unpaired) electrons. The first-order valence-electron chi connectivity index (χ1n) is 6.44. The van der Waals surface area contributed by atoms with Crippen molar-refractivity contribution in [3.05, 3.63) is 0 Å². The summed E-state index contributed by atoms with van der Waals surface area (Å²) in [6.45, 7) is 12.5. The molecule has 2 rings (SSSR count). The molecule has 2 nitrogen and oxygen atoms in total. The predicted molar refractivity (Wildman–Crippen MR) is 66.4 cm³/mol. The van der Waals surface area contributed by atoms with Crippen LogP contribution in [0.5, 0.6) is 0 Å². The van der Waals surface area contributed by atoms with E-state index in [1.807, 2.05) is 0 Å². The Kier molecular flexibility index (Phi) is 2.51. The summed E-state index contributed by atoms with van der Waals surface area (Å²) in [6, 6.07) is 0.138. The molecule has 0 aromatic carbocycles. The number of rotatable bonds is 1. The van der Waals surface area contributed by atoms with E-state index in [0.717, 1.165) is 19.3 Å². The van der Waals surface area contributed by atoms with Gasteiger partial charge in [-0.3, -0.25) is 4.90 Å². The van der Waals surface area contributed by atoms with Crippen LogP contribution in [0.3, 0.4) is 0 Å². The van der Waals surface area contributed by atoms with Crippen molar-refractivity contribution in [1.82, 2.24) is 4.90 Å². The maximum absolute atomic E-state index is 11.3. The van der Waals surface area contributed by atoms with Gasteiger partial charge >= 0.3 is 0 Å². The first-order chi connectivity index (χ1) is 7.22. The minimum absolute atomic E-state index is 0.112. The average molecular weight is 223 g/mol. The zero-order chi connectivity index (χ0) is 12.2. The molecule has 16 heavy (non-hydrogen) atoms. The van der Waals surface area contributed by atoms with Gasteiger partial charge in [-0.1, -0.05) is 13.8 Å². The minimum Gasteiger partial charge on any atom is -0.302 e. The predicted octanol–water partition coefficient (Wildman–Crippen LogP) is 2.86. The fourth-order valence-electron chi connectivity index (χ4n) is 3.52. The summed E-state index contributed by atoms with van der Waals surface area (Å²) < 4.78 is 0. The molecule has 2 heteroatoms. The number of hydrogen-bond donors (Lipinski definition) is 0. The highest BCUT2D eigenvalue weighted by Gasteiger charge is 2.59. The first kappa shape index (κ1) is 12.1. The van der Waals surface area contributed by atoms with E-state index in [1.165, 1.54) is 12.8 Å². The van der Waals surface area contributed by atoms with Crippen molar-refractivity contribution < 1.29 is 4.79 Å². The van der Waals surface area contributed by atoms with Crippen molar-refractivity contribution in [3.8, 4) is 0 Å². The monoisotopic (exact) mass is 223 g/mol. The van der Waals surface area contributed by atoms with Crippen LogP contribution in [0.2, 0.25) is 0 Å². The van der Waals surface area contributed by atoms with Gasteiger partial charge in [-0.05, 0) is 50.9 Å². The fourth-order valence-corrected chi connectivity index (χ4v) is 3.52. The van der Waals surface area contributed by atoms with E-state index in [9.17, 15) is 4.79 Å². The van der Waals surface area contributed by atoms with Crippen molar-refractivity contribution in [1.29, 1.82) is 0 Å². The fraction of sp³-hybridized carbons (Fsp3) is 0.929. The lowest BCUT2D eigenvalue weighted by Gasteiger charge is -2.55. The van der Waals surface area contributed by atoms with Crippen LogP contribution in [0, 0.1) is 10.8 Å². The molecule has 1 saturated heterocycles. The lowest BCUT2D eigenvalue weighted by atomic mass is 9.50. The van der Waals surface area contributed by atoms with E-state index in [2.05, 4.69) is 39.5 Å². The van der Waals surface area contributed by atoms with Gasteiger partial charge in [0.2, 0.25) is 0 Å². The Balaban J connectivity index is 2.23. The van der Waals surface area contributed by atoms with Gasteiger partial charge in [-0.15, -0.1) is 0 Å². The van der Waals surface area contributed by atoms with E-state index in [4.69, 9.17) is 0 Å². The van der Waals surface area contributed by atoms with Crippen LogP contribution in [-0.4, -0.2) is 29.3 Å². The van der Waals surface area contributed by atoms with Crippen LogP contribution >= 0.6 is 0 Å². The Bertz CT molecular complexity index is 302. The summed E-state index contributed by atoms with van der Waals surface area (Å²) in [5.74, 6) is 0. The Morgan fingerprint density at radius 3 is 2.12 bits per heavy atom. The summed E-state index contributed by atoms with van der Waals surface area (Å²) in [6.07, 6.45) is 4.85. The normalized spacial score (nSPS) is 38.7. The third-order valence-electron chi connectivity index (χ3n) is 5.16. The highest BCUT2D eigenvalue weighted by atomic mass is 16.1. The molecule has 1 saturated carbocycles. The molecule has 0 bridgehead atoms. The molecule has 0 amide bonds. The molecule has 1 heterocycles. The Labute approximate surface area is 99.4 Å². The Hall–Kier alpha value is -0.370. The maximum atomic E-state index is 11.3. The Morgan fingerprint density at radius 2 is 1.88 bits per heavy atom. The molecule has 0 aromatic heterocycles. The number of carbonyl (C=O) groups is 1. The van der Waals surface area contributed by atoms with E-state index in [1.54, 1.807) is 0 Å². The third-order valence-corrected chi connectivity index (χ3v) is 5.16. The van der Waals surface area contributed by atoms with Crippen LogP contribution in [0.25, 0.3) is 0 Å². The van der Waals surface area contributed by atoms with Crippen LogP contribution in [0.15, 0.2) is 0 Å². The lowest BCUT2D eigenvalue weighted by molar-refractivity contribution is -0.113. The van der Waals surface area contributed by atoms with Crippen LogP contribution < -0.4 is 0 Å². The number of nitrogens with zero attached hydrogens (tertiary/aromatic N) is 1. The van der Waals surface area contributed by atoms with Gasteiger partial charge in [0, 0.05) is 12.1 Å². The van der Waals surface area contributed by atoms with Crippen LogP contribution in [0.1, 0.15) is 53.9 Å². The quantitative estimate of drug-likeness (QED) is 0.637. The average Bonchev–Trinajstić information content (AvgIpc) is 2.57. The Morgan fingerprint density at radius 1 is 1.25 bits per heavy atom. The number of likely N-dealkylation sites (tertiary alicyclic amines) is 1. The third kappa shape index (κ3) is 1.54. The van der Waals surface area contributed by atoms with E-state index in [-0.39, 0.29) is 11.6 Å². The highest BCUT2D eigenvalue weighted by Crippen LogP contribution is 2.62. The van der Waals surface area contributed by atoms with Crippen molar-refractivity contribution in [3.63, 3.8) is 0 Å². The molecular formula is C14H25NO. The largest absolute Gasteiger partial charge is 0.302 e.